The Kier molecular flexibility index (Phi) is 6.25. The predicted octanol–water partition coefficient (Wildman–Crippen LogP) is 4.36. The van der Waals surface area contributed by atoms with Crippen molar-refractivity contribution < 1.29 is 14.3 Å². The third-order valence-electron chi connectivity index (χ3n) is 5.08. The minimum Gasteiger partial charge on any atom is -0.486 e. The molecule has 2 heterocycles. The molecular weight excluding hydrogens is 436 g/mol. The lowest BCUT2D eigenvalue weighted by Crippen LogP contribution is -2.16. The Labute approximate surface area is 195 Å². The Hall–Kier alpha value is -3.78. The number of nitrogens with zero attached hydrogens (tertiary/aromatic N) is 3. The number of fused-ring (bicyclic) bond motifs is 1. The van der Waals surface area contributed by atoms with E-state index in [0.717, 1.165) is 28.5 Å². The van der Waals surface area contributed by atoms with Gasteiger partial charge in [0, 0.05) is 18.2 Å². The fraction of sp³-hybridized carbons (Fsp3) is 0.160. The Bertz CT molecular complexity index is 1250. The number of thioether (sulfide) groups is 1. The number of anilines is 1. The van der Waals surface area contributed by atoms with Crippen LogP contribution in [-0.2, 0) is 11.2 Å². The molecule has 4 aromatic rings. The van der Waals surface area contributed by atoms with Crippen LogP contribution in [0.25, 0.3) is 5.69 Å². The second kappa shape index (κ2) is 9.79. The van der Waals surface area contributed by atoms with Crippen LogP contribution in [0.1, 0.15) is 11.4 Å². The maximum atomic E-state index is 12.5. The highest BCUT2D eigenvalue weighted by Gasteiger charge is 2.19. The summed E-state index contributed by atoms with van der Waals surface area (Å²) in [7, 11) is 0. The molecule has 0 unspecified atom stereocenters. The first-order valence-corrected chi connectivity index (χ1v) is 11.6. The minimum absolute atomic E-state index is 0.104. The summed E-state index contributed by atoms with van der Waals surface area (Å²) in [6.45, 7) is 1.05. The predicted molar refractivity (Wildman–Crippen MR) is 127 cm³/mol. The lowest BCUT2D eigenvalue weighted by Gasteiger charge is -2.19. The van der Waals surface area contributed by atoms with Crippen molar-refractivity contribution in [3.63, 3.8) is 0 Å². The van der Waals surface area contributed by atoms with Crippen molar-refractivity contribution in [1.29, 1.82) is 0 Å². The Morgan fingerprint density at radius 1 is 0.909 bits per heavy atom. The number of carbonyl (C=O) groups is 1. The summed E-state index contributed by atoms with van der Waals surface area (Å²) in [4.78, 5) is 12.5. The van der Waals surface area contributed by atoms with Crippen molar-refractivity contribution in [3.05, 3.63) is 90.3 Å². The van der Waals surface area contributed by atoms with Crippen LogP contribution in [0.15, 0.2) is 84.0 Å². The van der Waals surface area contributed by atoms with E-state index in [1.54, 1.807) is 0 Å². The molecule has 0 radical (unpaired) electrons. The molecule has 8 heteroatoms. The van der Waals surface area contributed by atoms with Gasteiger partial charge in [0.25, 0.3) is 0 Å². The molecule has 5 rings (SSSR count). The number of hydrogen-bond acceptors (Lipinski definition) is 6. The summed E-state index contributed by atoms with van der Waals surface area (Å²) in [6, 6.07) is 25.3. The summed E-state index contributed by atoms with van der Waals surface area (Å²) in [6.07, 6.45) is 0.610. The molecule has 33 heavy (non-hydrogen) atoms. The molecule has 3 aromatic carbocycles. The zero-order chi connectivity index (χ0) is 22.5. The summed E-state index contributed by atoms with van der Waals surface area (Å²) in [5.41, 5.74) is 2.75. The van der Waals surface area contributed by atoms with Gasteiger partial charge < -0.3 is 14.8 Å². The first-order chi connectivity index (χ1) is 16.3. The quantitative estimate of drug-likeness (QED) is 0.415. The van der Waals surface area contributed by atoms with E-state index in [9.17, 15) is 4.79 Å². The third kappa shape index (κ3) is 5.01. The van der Waals surface area contributed by atoms with Gasteiger partial charge in [-0.05, 0) is 29.8 Å². The highest BCUT2D eigenvalue weighted by molar-refractivity contribution is 7.99. The number of rotatable bonds is 7. The third-order valence-corrected chi connectivity index (χ3v) is 6.01. The number of aromatic nitrogens is 3. The summed E-state index contributed by atoms with van der Waals surface area (Å²) < 4.78 is 13.4. The van der Waals surface area contributed by atoms with Crippen LogP contribution in [0.3, 0.4) is 0 Å². The molecule has 0 bridgehead atoms. The van der Waals surface area contributed by atoms with Gasteiger partial charge >= 0.3 is 0 Å². The van der Waals surface area contributed by atoms with Gasteiger partial charge in [0.05, 0.1) is 11.4 Å². The first-order valence-electron chi connectivity index (χ1n) is 10.6. The average Bonchev–Trinajstić information content (AvgIpc) is 3.26. The van der Waals surface area contributed by atoms with E-state index >= 15 is 0 Å². The molecule has 7 nitrogen and oxygen atoms in total. The van der Waals surface area contributed by atoms with E-state index in [1.807, 2.05) is 71.3 Å². The molecule has 0 aliphatic carbocycles. The molecule has 0 saturated carbocycles. The van der Waals surface area contributed by atoms with Gasteiger partial charge in [-0.1, -0.05) is 60.3 Å². The van der Waals surface area contributed by atoms with E-state index in [4.69, 9.17) is 9.47 Å². The van der Waals surface area contributed by atoms with E-state index in [1.165, 1.54) is 11.8 Å². The smallest absolute Gasteiger partial charge is 0.234 e. The van der Waals surface area contributed by atoms with Gasteiger partial charge in [-0.3, -0.25) is 9.36 Å². The zero-order valence-corrected chi connectivity index (χ0v) is 18.6. The molecule has 166 valence electrons. The highest BCUT2D eigenvalue weighted by Crippen LogP contribution is 2.34. The fourth-order valence-electron chi connectivity index (χ4n) is 3.57. The first kappa shape index (κ1) is 21.1. The van der Waals surface area contributed by atoms with Gasteiger partial charge in [0.2, 0.25) is 5.91 Å². The van der Waals surface area contributed by atoms with E-state index in [2.05, 4.69) is 27.6 Å². The SMILES string of the molecule is O=C(CSc1nnc(Cc2ccccc2)n1-c1ccc2c(c1)OCCO2)Nc1ccccc1. The molecule has 1 aromatic heterocycles. The fourth-order valence-corrected chi connectivity index (χ4v) is 4.34. The molecule has 0 spiro atoms. The number of carbonyl (C=O) groups excluding carboxylic acids is 1. The molecule has 1 aliphatic heterocycles. The topological polar surface area (TPSA) is 78.3 Å². The van der Waals surface area contributed by atoms with Crippen LogP contribution in [-0.4, -0.2) is 39.6 Å². The van der Waals surface area contributed by atoms with Crippen LogP contribution in [0.4, 0.5) is 5.69 Å². The van der Waals surface area contributed by atoms with Crippen molar-refractivity contribution in [1.82, 2.24) is 14.8 Å². The Morgan fingerprint density at radius 3 is 2.42 bits per heavy atom. The van der Waals surface area contributed by atoms with Crippen LogP contribution >= 0.6 is 11.8 Å². The largest absolute Gasteiger partial charge is 0.486 e. The number of hydrogen-bond donors (Lipinski definition) is 1. The number of nitrogens with one attached hydrogen (secondary N) is 1. The zero-order valence-electron chi connectivity index (χ0n) is 17.8. The Morgan fingerprint density at radius 2 is 1.64 bits per heavy atom. The van der Waals surface area contributed by atoms with Crippen LogP contribution < -0.4 is 14.8 Å². The number of amides is 1. The highest BCUT2D eigenvalue weighted by atomic mass is 32.2. The van der Waals surface area contributed by atoms with Crippen molar-refractivity contribution in [2.45, 2.75) is 11.6 Å². The summed E-state index contributed by atoms with van der Waals surface area (Å²) in [5.74, 6) is 2.30. The normalized spacial score (nSPS) is 12.4. The summed E-state index contributed by atoms with van der Waals surface area (Å²) >= 11 is 1.34. The van der Waals surface area contributed by atoms with E-state index in [-0.39, 0.29) is 11.7 Å². The standard InChI is InChI=1S/C25H22N4O3S/c30-24(26-19-9-5-2-6-10-19)17-33-25-28-27-23(15-18-7-3-1-4-8-18)29(25)20-11-12-21-22(16-20)32-14-13-31-21/h1-12,16H,13-15,17H2,(H,26,30). The van der Waals surface area contributed by atoms with Crippen molar-refractivity contribution in [2.75, 3.05) is 24.3 Å². The van der Waals surface area contributed by atoms with Crippen LogP contribution in [0.5, 0.6) is 11.5 Å². The lowest BCUT2D eigenvalue weighted by molar-refractivity contribution is -0.113. The monoisotopic (exact) mass is 458 g/mol. The second-order valence-corrected chi connectivity index (χ2v) is 8.37. The molecule has 0 fully saturated rings. The van der Waals surface area contributed by atoms with Gasteiger partial charge in [-0.25, -0.2) is 0 Å². The Balaban J connectivity index is 1.42. The molecule has 0 saturated heterocycles. The second-order valence-electron chi connectivity index (χ2n) is 7.43. The molecule has 1 N–H and O–H groups in total. The number of ether oxygens (including phenoxy) is 2. The number of para-hydroxylation sites is 1. The summed E-state index contributed by atoms with van der Waals surface area (Å²) in [5, 5.41) is 12.4. The molecule has 0 atom stereocenters. The van der Waals surface area contributed by atoms with Gasteiger partial charge in [0.15, 0.2) is 16.7 Å². The van der Waals surface area contributed by atoms with Crippen molar-refractivity contribution >= 4 is 23.4 Å². The van der Waals surface area contributed by atoms with Crippen LogP contribution in [0, 0.1) is 0 Å². The molecular formula is C25H22N4O3S. The van der Waals surface area contributed by atoms with Crippen molar-refractivity contribution in [2.24, 2.45) is 0 Å². The van der Waals surface area contributed by atoms with Crippen LogP contribution in [0.2, 0.25) is 0 Å². The average molecular weight is 459 g/mol. The minimum atomic E-state index is -0.104. The molecule has 1 aliphatic rings. The van der Waals surface area contributed by atoms with Gasteiger partial charge in [0.1, 0.15) is 19.0 Å². The maximum absolute atomic E-state index is 12.5. The maximum Gasteiger partial charge on any atom is 0.234 e. The van der Waals surface area contributed by atoms with Crippen molar-refractivity contribution in [3.8, 4) is 17.2 Å². The molecule has 1 amide bonds. The van der Waals surface area contributed by atoms with Gasteiger partial charge in [-0.15, -0.1) is 10.2 Å². The number of benzene rings is 3. The van der Waals surface area contributed by atoms with E-state index < -0.39 is 0 Å². The lowest BCUT2D eigenvalue weighted by atomic mass is 10.1. The van der Waals surface area contributed by atoms with Gasteiger partial charge in [-0.2, -0.15) is 0 Å². The van der Waals surface area contributed by atoms with E-state index in [0.29, 0.717) is 30.5 Å².